The molecule has 0 atom stereocenters. The first-order chi connectivity index (χ1) is 11.7. The number of nitrogens with zero attached hydrogens (tertiary/aromatic N) is 2. The molecule has 0 unspecified atom stereocenters. The lowest BCUT2D eigenvalue weighted by atomic mass is 10.0. The molecule has 25 heavy (non-hydrogen) atoms. The molecule has 6 heteroatoms. The van der Waals surface area contributed by atoms with Crippen LogP contribution >= 0.6 is 24.0 Å². The van der Waals surface area contributed by atoms with Crippen molar-refractivity contribution < 1.29 is 4.42 Å². The number of halogens is 1. The van der Waals surface area contributed by atoms with Gasteiger partial charge in [-0.05, 0) is 25.0 Å². The summed E-state index contributed by atoms with van der Waals surface area (Å²) in [5.41, 5.74) is 3.07. The molecule has 2 N–H and O–H groups in total. The van der Waals surface area contributed by atoms with E-state index in [0.29, 0.717) is 18.4 Å². The fourth-order valence-corrected chi connectivity index (χ4v) is 2.43. The van der Waals surface area contributed by atoms with E-state index < -0.39 is 0 Å². The minimum Gasteiger partial charge on any atom is -0.444 e. The summed E-state index contributed by atoms with van der Waals surface area (Å²) in [6, 6.07) is 8.16. The highest BCUT2D eigenvalue weighted by Crippen LogP contribution is 2.18. The van der Waals surface area contributed by atoms with Gasteiger partial charge in [0.25, 0.3) is 0 Å². The molecule has 138 valence electrons. The van der Waals surface area contributed by atoms with E-state index in [1.807, 2.05) is 12.1 Å². The molecule has 0 saturated heterocycles. The van der Waals surface area contributed by atoms with Crippen LogP contribution in [0.25, 0.3) is 11.5 Å². The van der Waals surface area contributed by atoms with Crippen LogP contribution in [0, 0.1) is 12.8 Å². The highest BCUT2D eigenvalue weighted by Gasteiger charge is 2.08. The van der Waals surface area contributed by atoms with Gasteiger partial charge in [-0.1, -0.05) is 44.4 Å². The van der Waals surface area contributed by atoms with Gasteiger partial charge >= 0.3 is 0 Å². The molecule has 0 spiro atoms. The molecular weight excluding hydrogens is 427 g/mol. The number of aromatic nitrogens is 1. The first kappa shape index (κ1) is 21.5. The first-order valence-corrected chi connectivity index (χ1v) is 8.62. The molecule has 1 heterocycles. The molecule has 0 radical (unpaired) electrons. The quantitative estimate of drug-likeness (QED) is 0.369. The molecule has 5 nitrogen and oxygen atoms in total. The van der Waals surface area contributed by atoms with Gasteiger partial charge in [0.15, 0.2) is 5.96 Å². The SMILES string of the molecule is CCC(CC)CNC(=NC)NCc1coc(-c2ccc(C)cc2)n1.I. The van der Waals surface area contributed by atoms with Gasteiger partial charge in [0, 0.05) is 19.2 Å². The highest BCUT2D eigenvalue weighted by molar-refractivity contribution is 14.0. The topological polar surface area (TPSA) is 62.5 Å². The molecule has 0 amide bonds. The van der Waals surface area contributed by atoms with Crippen LogP contribution in [0.3, 0.4) is 0 Å². The van der Waals surface area contributed by atoms with E-state index in [1.165, 1.54) is 18.4 Å². The number of hydrogen-bond acceptors (Lipinski definition) is 3. The number of hydrogen-bond donors (Lipinski definition) is 2. The number of aliphatic imine (C=N–C) groups is 1. The number of aryl methyl sites for hydroxylation is 1. The summed E-state index contributed by atoms with van der Waals surface area (Å²) in [4.78, 5) is 8.79. The Morgan fingerprint density at radius 1 is 1.16 bits per heavy atom. The van der Waals surface area contributed by atoms with E-state index in [-0.39, 0.29) is 24.0 Å². The summed E-state index contributed by atoms with van der Waals surface area (Å²) >= 11 is 0. The summed E-state index contributed by atoms with van der Waals surface area (Å²) in [5.74, 6) is 2.11. The molecule has 0 aliphatic carbocycles. The summed E-state index contributed by atoms with van der Waals surface area (Å²) in [7, 11) is 1.78. The molecule has 0 saturated carbocycles. The minimum atomic E-state index is 0. The number of rotatable bonds is 7. The normalized spacial score (nSPS) is 11.3. The van der Waals surface area contributed by atoms with Crippen molar-refractivity contribution in [3.8, 4) is 11.5 Å². The van der Waals surface area contributed by atoms with Gasteiger partial charge in [0.1, 0.15) is 6.26 Å². The lowest BCUT2D eigenvalue weighted by Gasteiger charge is -2.16. The third kappa shape index (κ3) is 6.68. The average molecular weight is 456 g/mol. The van der Waals surface area contributed by atoms with Crippen LogP contribution in [-0.2, 0) is 6.54 Å². The maximum atomic E-state index is 5.58. The van der Waals surface area contributed by atoms with Gasteiger partial charge in [-0.2, -0.15) is 0 Å². The van der Waals surface area contributed by atoms with Crippen LogP contribution in [0.2, 0.25) is 0 Å². The maximum absolute atomic E-state index is 5.58. The number of oxazole rings is 1. The van der Waals surface area contributed by atoms with Crippen LogP contribution in [0.4, 0.5) is 0 Å². The Kier molecular flexibility index (Phi) is 9.55. The van der Waals surface area contributed by atoms with Crippen molar-refractivity contribution in [1.29, 1.82) is 0 Å². The Labute approximate surface area is 167 Å². The second kappa shape index (κ2) is 11.1. The van der Waals surface area contributed by atoms with E-state index in [1.54, 1.807) is 13.3 Å². The number of benzene rings is 1. The Balaban J connectivity index is 0.00000312. The van der Waals surface area contributed by atoms with Crippen LogP contribution < -0.4 is 10.6 Å². The van der Waals surface area contributed by atoms with Crippen molar-refractivity contribution in [1.82, 2.24) is 15.6 Å². The molecule has 0 bridgehead atoms. The van der Waals surface area contributed by atoms with E-state index in [0.717, 1.165) is 23.8 Å². The maximum Gasteiger partial charge on any atom is 0.226 e. The van der Waals surface area contributed by atoms with Crippen molar-refractivity contribution in [2.24, 2.45) is 10.9 Å². The van der Waals surface area contributed by atoms with Crippen molar-refractivity contribution in [2.45, 2.75) is 40.2 Å². The Morgan fingerprint density at radius 3 is 2.44 bits per heavy atom. The molecule has 1 aromatic heterocycles. The van der Waals surface area contributed by atoms with Crippen molar-refractivity contribution in [3.63, 3.8) is 0 Å². The van der Waals surface area contributed by atoms with Crippen LogP contribution in [0.1, 0.15) is 37.9 Å². The molecular formula is C19H29IN4O. The lowest BCUT2D eigenvalue weighted by molar-refractivity contribution is 0.481. The average Bonchev–Trinajstić information content (AvgIpc) is 3.08. The van der Waals surface area contributed by atoms with E-state index >= 15 is 0 Å². The third-order valence-electron chi connectivity index (χ3n) is 4.22. The van der Waals surface area contributed by atoms with E-state index in [2.05, 4.69) is 53.5 Å². The van der Waals surface area contributed by atoms with Crippen LogP contribution in [-0.4, -0.2) is 24.5 Å². The summed E-state index contributed by atoms with van der Waals surface area (Å²) in [5, 5.41) is 6.65. The van der Waals surface area contributed by atoms with E-state index in [9.17, 15) is 0 Å². The van der Waals surface area contributed by atoms with Gasteiger partial charge in [-0.3, -0.25) is 4.99 Å². The molecule has 2 aromatic rings. The zero-order valence-electron chi connectivity index (χ0n) is 15.5. The predicted octanol–water partition coefficient (Wildman–Crippen LogP) is 4.37. The smallest absolute Gasteiger partial charge is 0.226 e. The monoisotopic (exact) mass is 456 g/mol. The standard InChI is InChI=1S/C19H28N4O.HI/c1-5-15(6-2)11-21-19(20-4)22-12-17-13-24-18(23-17)16-9-7-14(3)8-10-16;/h7-10,13,15H,5-6,11-12H2,1-4H3,(H2,20,21,22);1H. The fourth-order valence-electron chi connectivity index (χ4n) is 2.43. The summed E-state index contributed by atoms with van der Waals surface area (Å²) in [6.45, 7) is 8.01. The van der Waals surface area contributed by atoms with E-state index in [4.69, 9.17) is 4.42 Å². The van der Waals surface area contributed by atoms with Gasteiger partial charge in [0.05, 0.1) is 12.2 Å². The Morgan fingerprint density at radius 2 is 1.84 bits per heavy atom. The minimum absolute atomic E-state index is 0. The fraction of sp³-hybridized carbons (Fsp3) is 0.474. The molecule has 0 aliphatic heterocycles. The third-order valence-corrected chi connectivity index (χ3v) is 4.22. The van der Waals surface area contributed by atoms with Gasteiger partial charge in [-0.25, -0.2) is 4.98 Å². The Hall–Kier alpha value is -1.57. The second-order valence-electron chi connectivity index (χ2n) is 6.00. The zero-order valence-corrected chi connectivity index (χ0v) is 17.8. The van der Waals surface area contributed by atoms with Crippen LogP contribution in [0.15, 0.2) is 39.9 Å². The van der Waals surface area contributed by atoms with Crippen molar-refractivity contribution in [2.75, 3.05) is 13.6 Å². The summed E-state index contributed by atoms with van der Waals surface area (Å²) in [6.07, 6.45) is 4.03. The Bertz CT molecular complexity index is 648. The largest absolute Gasteiger partial charge is 0.444 e. The first-order valence-electron chi connectivity index (χ1n) is 8.62. The number of guanidine groups is 1. The molecule has 2 rings (SSSR count). The van der Waals surface area contributed by atoms with Crippen molar-refractivity contribution in [3.05, 3.63) is 41.8 Å². The summed E-state index contributed by atoms with van der Waals surface area (Å²) < 4.78 is 5.58. The van der Waals surface area contributed by atoms with Crippen LogP contribution in [0.5, 0.6) is 0 Å². The molecule has 0 aliphatic rings. The second-order valence-corrected chi connectivity index (χ2v) is 6.00. The lowest BCUT2D eigenvalue weighted by Crippen LogP contribution is -2.39. The number of nitrogens with one attached hydrogen (secondary N) is 2. The van der Waals surface area contributed by atoms with Gasteiger partial charge in [0.2, 0.25) is 5.89 Å². The molecule has 1 aromatic carbocycles. The zero-order chi connectivity index (χ0) is 17.4. The van der Waals surface area contributed by atoms with Crippen molar-refractivity contribution >= 4 is 29.9 Å². The van der Waals surface area contributed by atoms with Gasteiger partial charge < -0.3 is 15.1 Å². The molecule has 0 fully saturated rings. The predicted molar refractivity (Wildman–Crippen MR) is 114 cm³/mol. The highest BCUT2D eigenvalue weighted by atomic mass is 127. The van der Waals surface area contributed by atoms with Gasteiger partial charge in [-0.15, -0.1) is 24.0 Å².